The number of carbonyl (C=O) groups excluding carboxylic acids is 2. The first kappa shape index (κ1) is 20.0. The number of hydrogen-bond donors (Lipinski definition) is 2. The van der Waals surface area contributed by atoms with Crippen molar-refractivity contribution < 1.29 is 9.59 Å². The van der Waals surface area contributed by atoms with Crippen LogP contribution >= 0.6 is 27.7 Å². The summed E-state index contributed by atoms with van der Waals surface area (Å²) in [5.41, 5.74) is 4.00. The van der Waals surface area contributed by atoms with Gasteiger partial charge in [0.25, 0.3) is 5.91 Å². The Morgan fingerprint density at radius 3 is 2.70 bits per heavy atom. The van der Waals surface area contributed by atoms with Gasteiger partial charge in [0.1, 0.15) is 6.04 Å². The molecule has 0 radical (unpaired) electrons. The molecule has 1 atom stereocenters. The van der Waals surface area contributed by atoms with Crippen LogP contribution in [0.15, 0.2) is 46.9 Å². The summed E-state index contributed by atoms with van der Waals surface area (Å²) in [7, 11) is 0. The summed E-state index contributed by atoms with van der Waals surface area (Å²) in [6, 6.07) is 12.7. The second-order valence-electron chi connectivity index (χ2n) is 6.61. The summed E-state index contributed by atoms with van der Waals surface area (Å²) >= 11 is 5.05. The largest absolute Gasteiger partial charge is 0.340 e. The van der Waals surface area contributed by atoms with Crippen LogP contribution in [0.1, 0.15) is 34.3 Å². The second kappa shape index (κ2) is 9.42. The third kappa shape index (κ3) is 5.14. The zero-order valence-electron chi connectivity index (χ0n) is 15.3. The molecule has 27 heavy (non-hydrogen) atoms. The van der Waals surface area contributed by atoms with Crippen molar-refractivity contribution in [1.29, 1.82) is 0 Å². The lowest BCUT2D eigenvalue weighted by molar-refractivity contribution is -0.118. The van der Waals surface area contributed by atoms with Gasteiger partial charge in [0.05, 0.1) is 5.56 Å². The molecule has 0 spiro atoms. The molecule has 0 saturated carbocycles. The third-order valence-electron chi connectivity index (χ3n) is 4.72. The highest BCUT2D eigenvalue weighted by molar-refractivity contribution is 9.10. The maximum absolute atomic E-state index is 12.8. The highest BCUT2D eigenvalue weighted by atomic mass is 79.9. The van der Waals surface area contributed by atoms with Crippen LogP contribution in [0.2, 0.25) is 0 Å². The Morgan fingerprint density at radius 1 is 1.15 bits per heavy atom. The number of fused-ring (bicyclic) bond motifs is 1. The summed E-state index contributed by atoms with van der Waals surface area (Å²) in [6.45, 7) is 0. The zero-order chi connectivity index (χ0) is 19.2. The molecule has 0 saturated heterocycles. The molecule has 2 aromatic rings. The molecule has 0 bridgehead atoms. The van der Waals surface area contributed by atoms with E-state index in [2.05, 4.69) is 38.7 Å². The summed E-state index contributed by atoms with van der Waals surface area (Å²) in [6.07, 6.45) is 5.92. The Morgan fingerprint density at radius 2 is 1.93 bits per heavy atom. The van der Waals surface area contributed by atoms with E-state index in [1.807, 2.05) is 24.5 Å². The van der Waals surface area contributed by atoms with Gasteiger partial charge in [0, 0.05) is 10.2 Å². The Balaban J connectivity index is 1.70. The van der Waals surface area contributed by atoms with Gasteiger partial charge in [-0.3, -0.25) is 9.59 Å². The van der Waals surface area contributed by atoms with Crippen molar-refractivity contribution in [3.05, 3.63) is 63.6 Å². The van der Waals surface area contributed by atoms with Gasteiger partial charge in [0.15, 0.2) is 0 Å². The average Bonchev–Trinajstić information content (AvgIpc) is 3.13. The van der Waals surface area contributed by atoms with E-state index in [1.165, 1.54) is 17.5 Å². The van der Waals surface area contributed by atoms with E-state index < -0.39 is 6.04 Å². The molecule has 1 unspecified atom stereocenters. The smallest absolute Gasteiger partial charge is 0.253 e. The van der Waals surface area contributed by atoms with Crippen molar-refractivity contribution in [2.24, 2.45) is 0 Å². The fourth-order valence-corrected chi connectivity index (χ4v) is 4.20. The van der Waals surface area contributed by atoms with Crippen molar-refractivity contribution in [2.45, 2.75) is 31.7 Å². The fraction of sp³-hybridized carbons (Fsp3) is 0.333. The summed E-state index contributed by atoms with van der Waals surface area (Å²) in [4.78, 5) is 25.4. The molecule has 6 heteroatoms. The van der Waals surface area contributed by atoms with Crippen LogP contribution in [-0.4, -0.2) is 29.9 Å². The summed E-state index contributed by atoms with van der Waals surface area (Å²) in [5.74, 6) is 0.360. The van der Waals surface area contributed by atoms with Crippen molar-refractivity contribution in [1.82, 2.24) is 5.32 Å². The third-order valence-corrected chi connectivity index (χ3v) is 6.05. The Kier molecular flexibility index (Phi) is 6.96. The Hall–Kier alpha value is -1.79. The number of rotatable bonds is 7. The topological polar surface area (TPSA) is 58.2 Å². The normalized spacial score (nSPS) is 13.7. The summed E-state index contributed by atoms with van der Waals surface area (Å²) in [5, 5.41) is 5.86. The highest BCUT2D eigenvalue weighted by Crippen LogP contribution is 2.25. The molecule has 142 valence electrons. The zero-order valence-corrected chi connectivity index (χ0v) is 17.7. The van der Waals surface area contributed by atoms with E-state index in [4.69, 9.17) is 0 Å². The number of thioether (sulfide) groups is 1. The fourth-order valence-electron chi connectivity index (χ4n) is 3.26. The number of carbonyl (C=O) groups is 2. The predicted octanol–water partition coefficient (Wildman–Crippen LogP) is 4.43. The number of halogens is 1. The van der Waals surface area contributed by atoms with Crippen molar-refractivity contribution >= 4 is 45.2 Å². The lowest BCUT2D eigenvalue weighted by Crippen LogP contribution is -2.44. The van der Waals surface area contributed by atoms with E-state index in [0.29, 0.717) is 16.5 Å². The first-order valence-electron chi connectivity index (χ1n) is 9.05. The van der Waals surface area contributed by atoms with E-state index in [0.717, 1.165) is 24.3 Å². The minimum absolute atomic E-state index is 0.178. The van der Waals surface area contributed by atoms with E-state index >= 15 is 0 Å². The molecule has 1 aliphatic rings. The molecule has 2 amide bonds. The maximum Gasteiger partial charge on any atom is 0.253 e. The van der Waals surface area contributed by atoms with Crippen LogP contribution in [0.5, 0.6) is 0 Å². The molecule has 4 nitrogen and oxygen atoms in total. The minimum Gasteiger partial charge on any atom is -0.340 e. The minimum atomic E-state index is -0.578. The molecule has 1 aliphatic carbocycles. The second-order valence-corrected chi connectivity index (χ2v) is 8.45. The van der Waals surface area contributed by atoms with E-state index in [-0.39, 0.29) is 11.8 Å². The van der Waals surface area contributed by atoms with Crippen LogP contribution < -0.4 is 10.6 Å². The standard InChI is InChI=1S/C21H23BrN2O2S/c1-27-12-11-19(24-20(25)17-7-2-3-8-18(17)22)21(26)23-16-10-9-14-5-4-6-15(14)13-16/h2-3,7-10,13,19H,4-6,11-12H2,1H3,(H,23,26)(H,24,25). The van der Waals surface area contributed by atoms with Gasteiger partial charge >= 0.3 is 0 Å². The first-order chi connectivity index (χ1) is 13.1. The van der Waals surface area contributed by atoms with E-state index in [1.54, 1.807) is 23.9 Å². The average molecular weight is 447 g/mol. The number of hydrogen-bond acceptors (Lipinski definition) is 3. The van der Waals surface area contributed by atoms with Gasteiger partial charge < -0.3 is 10.6 Å². The predicted molar refractivity (Wildman–Crippen MR) is 115 cm³/mol. The number of benzene rings is 2. The van der Waals surface area contributed by atoms with Gasteiger partial charge in [-0.2, -0.15) is 11.8 Å². The number of aryl methyl sites for hydroxylation is 2. The first-order valence-corrected chi connectivity index (χ1v) is 11.2. The molecular formula is C21H23BrN2O2S. The molecule has 2 N–H and O–H groups in total. The molecule has 3 rings (SSSR count). The van der Waals surface area contributed by atoms with Gasteiger partial charge in [-0.1, -0.05) is 18.2 Å². The van der Waals surface area contributed by atoms with Gasteiger partial charge in [0.2, 0.25) is 5.91 Å². The molecule has 0 heterocycles. The Bertz CT molecular complexity index is 841. The van der Waals surface area contributed by atoms with Crippen LogP contribution in [0, 0.1) is 0 Å². The SMILES string of the molecule is CSCCC(NC(=O)c1ccccc1Br)C(=O)Nc1ccc2c(c1)CCC2. The van der Waals surface area contributed by atoms with Crippen molar-refractivity contribution in [2.75, 3.05) is 17.3 Å². The van der Waals surface area contributed by atoms with E-state index in [9.17, 15) is 9.59 Å². The van der Waals surface area contributed by atoms with Crippen LogP contribution in [0.25, 0.3) is 0 Å². The number of amides is 2. The van der Waals surface area contributed by atoms with Gasteiger partial charge in [-0.25, -0.2) is 0 Å². The molecule has 0 fully saturated rings. The molecule has 0 aromatic heterocycles. The van der Waals surface area contributed by atoms with Gasteiger partial charge in [-0.05, 0) is 89.0 Å². The van der Waals surface area contributed by atoms with Crippen LogP contribution in [0.4, 0.5) is 5.69 Å². The maximum atomic E-state index is 12.8. The highest BCUT2D eigenvalue weighted by Gasteiger charge is 2.22. The Labute approximate surface area is 172 Å². The number of anilines is 1. The van der Waals surface area contributed by atoms with Crippen LogP contribution in [0.3, 0.4) is 0 Å². The van der Waals surface area contributed by atoms with Crippen LogP contribution in [-0.2, 0) is 17.6 Å². The monoisotopic (exact) mass is 446 g/mol. The summed E-state index contributed by atoms with van der Waals surface area (Å²) < 4.78 is 0.713. The van der Waals surface area contributed by atoms with Gasteiger partial charge in [-0.15, -0.1) is 0 Å². The number of nitrogens with one attached hydrogen (secondary N) is 2. The van der Waals surface area contributed by atoms with Crippen molar-refractivity contribution in [3.63, 3.8) is 0 Å². The lowest BCUT2D eigenvalue weighted by Gasteiger charge is -2.19. The quantitative estimate of drug-likeness (QED) is 0.661. The molecule has 0 aliphatic heterocycles. The lowest BCUT2D eigenvalue weighted by atomic mass is 10.1. The van der Waals surface area contributed by atoms with Crippen molar-refractivity contribution in [3.8, 4) is 0 Å². The molecular weight excluding hydrogens is 424 g/mol. The molecule has 2 aromatic carbocycles.